The quantitative estimate of drug-likeness (QED) is 0.755. The van der Waals surface area contributed by atoms with Gasteiger partial charge in [0.2, 0.25) is 0 Å². The van der Waals surface area contributed by atoms with Gasteiger partial charge in [0, 0.05) is 18.0 Å². The Labute approximate surface area is 110 Å². The highest BCUT2D eigenvalue weighted by Crippen LogP contribution is 2.19. The van der Waals surface area contributed by atoms with E-state index in [1.807, 2.05) is 38.2 Å². The Hall–Kier alpha value is -1.35. The average molecular weight is 249 g/mol. The summed E-state index contributed by atoms with van der Waals surface area (Å²) in [5.41, 5.74) is 0.757. The molecule has 1 aromatic carbocycles. The molecular formula is C15H23NO2. The van der Waals surface area contributed by atoms with Gasteiger partial charge in [0.05, 0.1) is 6.61 Å². The summed E-state index contributed by atoms with van der Waals surface area (Å²) in [4.78, 5) is 12.4. The molecule has 18 heavy (non-hydrogen) atoms. The van der Waals surface area contributed by atoms with Crippen molar-refractivity contribution in [3.8, 4) is 5.75 Å². The van der Waals surface area contributed by atoms with Crippen molar-refractivity contribution in [2.75, 3.05) is 20.2 Å². The predicted molar refractivity (Wildman–Crippen MR) is 74.2 cm³/mol. The maximum absolute atomic E-state index is 12.4. The molecule has 0 saturated carbocycles. The van der Waals surface area contributed by atoms with E-state index in [1.165, 1.54) is 0 Å². The van der Waals surface area contributed by atoms with Crippen molar-refractivity contribution in [1.82, 2.24) is 5.32 Å². The minimum Gasteiger partial charge on any atom is -0.494 e. The van der Waals surface area contributed by atoms with Crippen molar-refractivity contribution < 1.29 is 9.53 Å². The van der Waals surface area contributed by atoms with Crippen LogP contribution in [0, 0.1) is 11.8 Å². The first-order chi connectivity index (χ1) is 8.60. The van der Waals surface area contributed by atoms with Crippen molar-refractivity contribution in [3.63, 3.8) is 0 Å². The van der Waals surface area contributed by atoms with Crippen LogP contribution in [-0.4, -0.2) is 26.0 Å². The first-order valence-electron chi connectivity index (χ1n) is 6.51. The number of Topliss-reactive ketones (excluding diaryl/α,β-unsaturated/α-hetero) is 1. The van der Waals surface area contributed by atoms with E-state index in [2.05, 4.69) is 19.2 Å². The predicted octanol–water partition coefficient (Wildman–Crippen LogP) is 2.76. The molecule has 0 amide bonds. The molecule has 1 unspecified atom stereocenters. The third-order valence-corrected chi connectivity index (χ3v) is 3.02. The number of hydrogen-bond acceptors (Lipinski definition) is 3. The third-order valence-electron chi connectivity index (χ3n) is 3.02. The maximum Gasteiger partial charge on any atom is 0.167 e. The van der Waals surface area contributed by atoms with Gasteiger partial charge in [0.15, 0.2) is 5.78 Å². The molecule has 1 atom stereocenters. The molecule has 1 aromatic rings. The van der Waals surface area contributed by atoms with Gasteiger partial charge >= 0.3 is 0 Å². The zero-order valence-corrected chi connectivity index (χ0v) is 11.7. The monoisotopic (exact) mass is 249 g/mol. The van der Waals surface area contributed by atoms with Crippen molar-refractivity contribution in [2.24, 2.45) is 11.8 Å². The van der Waals surface area contributed by atoms with Gasteiger partial charge < -0.3 is 10.1 Å². The largest absolute Gasteiger partial charge is 0.494 e. The van der Waals surface area contributed by atoms with Crippen LogP contribution in [0.5, 0.6) is 5.75 Å². The number of rotatable bonds is 7. The van der Waals surface area contributed by atoms with Gasteiger partial charge in [0.25, 0.3) is 0 Å². The smallest absolute Gasteiger partial charge is 0.167 e. The molecule has 0 bridgehead atoms. The van der Waals surface area contributed by atoms with Gasteiger partial charge in [-0.25, -0.2) is 0 Å². The van der Waals surface area contributed by atoms with E-state index >= 15 is 0 Å². The highest BCUT2D eigenvalue weighted by atomic mass is 16.5. The van der Waals surface area contributed by atoms with Gasteiger partial charge in [-0.15, -0.1) is 0 Å². The summed E-state index contributed by atoms with van der Waals surface area (Å²) in [7, 11) is 1.88. The molecule has 0 spiro atoms. The lowest BCUT2D eigenvalue weighted by Gasteiger charge is -2.19. The highest BCUT2D eigenvalue weighted by molar-refractivity contribution is 5.98. The molecular weight excluding hydrogens is 226 g/mol. The van der Waals surface area contributed by atoms with E-state index in [-0.39, 0.29) is 11.7 Å². The van der Waals surface area contributed by atoms with Gasteiger partial charge in [0.1, 0.15) is 5.75 Å². The zero-order chi connectivity index (χ0) is 13.5. The molecule has 3 nitrogen and oxygen atoms in total. The summed E-state index contributed by atoms with van der Waals surface area (Å²) in [6, 6.07) is 7.40. The fourth-order valence-corrected chi connectivity index (χ4v) is 1.95. The van der Waals surface area contributed by atoms with E-state index in [9.17, 15) is 4.79 Å². The summed E-state index contributed by atoms with van der Waals surface area (Å²) in [5, 5.41) is 3.09. The molecule has 0 aliphatic heterocycles. The van der Waals surface area contributed by atoms with Gasteiger partial charge in [-0.05, 0) is 44.2 Å². The topological polar surface area (TPSA) is 38.3 Å². The van der Waals surface area contributed by atoms with Crippen LogP contribution in [0.1, 0.15) is 31.1 Å². The van der Waals surface area contributed by atoms with Gasteiger partial charge in [-0.3, -0.25) is 4.79 Å². The maximum atomic E-state index is 12.4. The lowest BCUT2D eigenvalue weighted by Crippen LogP contribution is -2.30. The third kappa shape index (κ3) is 3.84. The second-order valence-corrected chi connectivity index (χ2v) is 4.73. The molecule has 0 aliphatic rings. The number of nitrogens with one attached hydrogen (secondary N) is 1. The van der Waals surface area contributed by atoms with E-state index in [4.69, 9.17) is 4.74 Å². The minimum absolute atomic E-state index is 0.0212. The molecule has 0 heterocycles. The number of ether oxygens (including phenoxy) is 1. The fourth-order valence-electron chi connectivity index (χ4n) is 1.95. The summed E-state index contributed by atoms with van der Waals surface area (Å²) in [6.45, 7) is 7.45. The molecule has 3 heteroatoms. The first-order valence-corrected chi connectivity index (χ1v) is 6.51. The van der Waals surface area contributed by atoms with Crippen molar-refractivity contribution >= 4 is 5.78 Å². The number of carbonyl (C=O) groups is 1. The van der Waals surface area contributed by atoms with Gasteiger partial charge in [-0.1, -0.05) is 13.8 Å². The number of hydrogen-bond donors (Lipinski definition) is 1. The van der Waals surface area contributed by atoms with Crippen LogP contribution >= 0.6 is 0 Å². The van der Waals surface area contributed by atoms with Crippen LogP contribution in [0.15, 0.2) is 24.3 Å². The van der Waals surface area contributed by atoms with E-state index in [0.29, 0.717) is 19.1 Å². The Morgan fingerprint density at radius 3 is 2.33 bits per heavy atom. The molecule has 1 N–H and O–H groups in total. The van der Waals surface area contributed by atoms with Crippen LogP contribution in [0.4, 0.5) is 0 Å². The van der Waals surface area contributed by atoms with Crippen molar-refractivity contribution in [1.29, 1.82) is 0 Å². The molecule has 100 valence electrons. The van der Waals surface area contributed by atoms with E-state index in [0.717, 1.165) is 11.3 Å². The second kappa shape index (κ2) is 7.17. The SMILES string of the molecule is CCOc1ccc(C(=O)C(CNC)C(C)C)cc1. The van der Waals surface area contributed by atoms with Gasteiger partial charge in [-0.2, -0.15) is 0 Å². The summed E-state index contributed by atoms with van der Waals surface area (Å²) in [6.07, 6.45) is 0. The normalized spacial score (nSPS) is 12.5. The molecule has 0 radical (unpaired) electrons. The summed E-state index contributed by atoms with van der Waals surface area (Å²) >= 11 is 0. The fraction of sp³-hybridized carbons (Fsp3) is 0.533. The van der Waals surface area contributed by atoms with E-state index < -0.39 is 0 Å². The Bertz CT molecular complexity index is 371. The molecule has 0 fully saturated rings. The molecule has 1 rings (SSSR count). The number of carbonyl (C=O) groups excluding carboxylic acids is 1. The zero-order valence-electron chi connectivity index (χ0n) is 11.7. The second-order valence-electron chi connectivity index (χ2n) is 4.73. The lowest BCUT2D eigenvalue weighted by atomic mass is 9.88. The Balaban J connectivity index is 2.81. The average Bonchev–Trinajstić information content (AvgIpc) is 2.36. The molecule has 0 aromatic heterocycles. The Kier molecular flexibility index (Phi) is 5.86. The lowest BCUT2D eigenvalue weighted by molar-refractivity contribution is 0.0886. The standard InChI is InChI=1S/C15H23NO2/c1-5-18-13-8-6-12(7-9-13)15(17)14(10-16-4)11(2)3/h6-9,11,14,16H,5,10H2,1-4H3. The van der Waals surface area contributed by atoms with E-state index in [1.54, 1.807) is 0 Å². The number of ketones is 1. The molecule has 0 aliphatic carbocycles. The van der Waals surface area contributed by atoms with Crippen LogP contribution in [0.25, 0.3) is 0 Å². The van der Waals surface area contributed by atoms with Crippen molar-refractivity contribution in [2.45, 2.75) is 20.8 Å². The highest BCUT2D eigenvalue weighted by Gasteiger charge is 2.22. The summed E-state index contributed by atoms with van der Waals surface area (Å²) in [5.74, 6) is 1.36. The Morgan fingerprint density at radius 1 is 1.28 bits per heavy atom. The van der Waals surface area contributed by atoms with Crippen LogP contribution in [0.3, 0.4) is 0 Å². The minimum atomic E-state index is 0.0212. The Morgan fingerprint density at radius 2 is 1.89 bits per heavy atom. The van der Waals surface area contributed by atoms with Crippen molar-refractivity contribution in [3.05, 3.63) is 29.8 Å². The first kappa shape index (κ1) is 14.7. The number of benzene rings is 1. The van der Waals surface area contributed by atoms with Crippen LogP contribution in [0.2, 0.25) is 0 Å². The molecule has 0 saturated heterocycles. The van der Waals surface area contributed by atoms with Crippen LogP contribution < -0.4 is 10.1 Å². The van der Waals surface area contributed by atoms with Crippen LogP contribution in [-0.2, 0) is 0 Å². The summed E-state index contributed by atoms with van der Waals surface area (Å²) < 4.78 is 5.37.